The molecule has 6 nitrogen and oxygen atoms in total. The van der Waals surface area contributed by atoms with Crippen molar-refractivity contribution >= 4 is 11.7 Å². The molecule has 2 aromatic rings. The summed E-state index contributed by atoms with van der Waals surface area (Å²) in [6, 6.07) is 10.5. The molecule has 3 rings (SSSR count). The molecule has 3 N–H and O–H groups in total. The number of rotatable bonds is 6. The van der Waals surface area contributed by atoms with Crippen LogP contribution in [0, 0.1) is 12.8 Å². The number of hydrogen-bond donors (Lipinski definition) is 2. The van der Waals surface area contributed by atoms with E-state index >= 15 is 0 Å². The van der Waals surface area contributed by atoms with E-state index in [0.29, 0.717) is 6.54 Å². The van der Waals surface area contributed by atoms with Crippen LogP contribution in [0.25, 0.3) is 0 Å². The first kappa shape index (κ1) is 17.4. The minimum atomic E-state index is -0.179. The molecule has 0 bridgehead atoms. The summed E-state index contributed by atoms with van der Waals surface area (Å²) < 4.78 is 0. The third-order valence-electron chi connectivity index (χ3n) is 4.57. The Hall–Kier alpha value is -2.47. The maximum atomic E-state index is 11.4. The first-order valence-corrected chi connectivity index (χ1v) is 8.73. The minimum absolute atomic E-state index is 0.0153. The molecule has 1 fully saturated rings. The standard InChI is InChI=1S/C19H25N5O/c1-14-8-18(23-22-10-14)21-11-15-4-2-5-16(9-15)12-24-7-3-6-17(13-24)19(20)25/h2,4-5,8-10,17H,3,6-7,11-13H2,1H3,(H2,20,25)(H,21,23). The van der Waals surface area contributed by atoms with Gasteiger partial charge < -0.3 is 11.1 Å². The lowest BCUT2D eigenvalue weighted by atomic mass is 9.97. The Morgan fingerprint density at radius 3 is 3.00 bits per heavy atom. The zero-order valence-corrected chi connectivity index (χ0v) is 14.6. The number of nitrogens with zero attached hydrogens (tertiary/aromatic N) is 3. The number of likely N-dealkylation sites (tertiary alicyclic amines) is 1. The largest absolute Gasteiger partial charge is 0.369 e. The van der Waals surface area contributed by atoms with Crippen molar-refractivity contribution in [3.05, 3.63) is 53.2 Å². The molecule has 1 aliphatic rings. The molecule has 0 radical (unpaired) electrons. The van der Waals surface area contributed by atoms with Gasteiger partial charge in [0.05, 0.1) is 12.1 Å². The predicted molar refractivity (Wildman–Crippen MR) is 97.7 cm³/mol. The number of amides is 1. The highest BCUT2D eigenvalue weighted by molar-refractivity contribution is 5.76. The van der Waals surface area contributed by atoms with E-state index in [-0.39, 0.29) is 11.8 Å². The van der Waals surface area contributed by atoms with Crippen LogP contribution in [0.4, 0.5) is 5.82 Å². The van der Waals surface area contributed by atoms with E-state index < -0.39 is 0 Å². The Bertz CT molecular complexity index is 733. The van der Waals surface area contributed by atoms with E-state index in [9.17, 15) is 4.79 Å². The highest BCUT2D eigenvalue weighted by atomic mass is 16.1. The second kappa shape index (κ2) is 8.07. The second-order valence-corrected chi connectivity index (χ2v) is 6.77. The summed E-state index contributed by atoms with van der Waals surface area (Å²) in [5, 5.41) is 11.3. The van der Waals surface area contributed by atoms with Crippen molar-refractivity contribution in [3.63, 3.8) is 0 Å². The van der Waals surface area contributed by atoms with E-state index in [1.54, 1.807) is 6.20 Å². The molecule has 1 aromatic carbocycles. The Morgan fingerprint density at radius 2 is 2.20 bits per heavy atom. The molecule has 1 saturated heterocycles. The Morgan fingerprint density at radius 1 is 1.36 bits per heavy atom. The Labute approximate surface area is 148 Å². The molecular weight excluding hydrogens is 314 g/mol. The molecule has 1 unspecified atom stereocenters. The third kappa shape index (κ3) is 5.00. The van der Waals surface area contributed by atoms with Crippen molar-refractivity contribution in [2.75, 3.05) is 18.4 Å². The quantitative estimate of drug-likeness (QED) is 0.842. The summed E-state index contributed by atoms with van der Waals surface area (Å²) in [6.45, 7) is 5.33. The topological polar surface area (TPSA) is 84.1 Å². The predicted octanol–water partition coefficient (Wildman–Crippen LogP) is 2.09. The van der Waals surface area contributed by atoms with Crippen molar-refractivity contribution in [3.8, 4) is 0 Å². The summed E-state index contributed by atoms with van der Waals surface area (Å²) in [5.41, 5.74) is 9.00. The van der Waals surface area contributed by atoms with Gasteiger partial charge in [0.2, 0.25) is 5.91 Å². The van der Waals surface area contributed by atoms with Crippen LogP contribution < -0.4 is 11.1 Å². The number of aryl methyl sites for hydroxylation is 1. The minimum Gasteiger partial charge on any atom is -0.369 e. The molecule has 6 heteroatoms. The van der Waals surface area contributed by atoms with Crippen LogP contribution in [0.1, 0.15) is 29.5 Å². The maximum absolute atomic E-state index is 11.4. The number of nitrogens with two attached hydrogens (primary N) is 1. The smallest absolute Gasteiger partial charge is 0.221 e. The lowest BCUT2D eigenvalue weighted by molar-refractivity contribution is -0.123. The van der Waals surface area contributed by atoms with Crippen LogP contribution in [-0.2, 0) is 17.9 Å². The SMILES string of the molecule is Cc1cnnc(NCc2cccc(CN3CCCC(C(N)=O)C3)c2)c1. The molecule has 0 spiro atoms. The van der Waals surface area contributed by atoms with Crippen molar-refractivity contribution in [1.29, 1.82) is 0 Å². The summed E-state index contributed by atoms with van der Waals surface area (Å²) in [4.78, 5) is 13.7. The fraction of sp³-hybridized carbons (Fsp3) is 0.421. The van der Waals surface area contributed by atoms with Gasteiger partial charge in [-0.1, -0.05) is 24.3 Å². The van der Waals surface area contributed by atoms with E-state index in [1.165, 1.54) is 11.1 Å². The van der Waals surface area contributed by atoms with Gasteiger partial charge in [-0.2, -0.15) is 5.10 Å². The average molecular weight is 339 g/mol. The lowest BCUT2D eigenvalue weighted by Crippen LogP contribution is -2.40. The first-order valence-electron chi connectivity index (χ1n) is 8.73. The molecule has 132 valence electrons. The van der Waals surface area contributed by atoms with Crippen LogP contribution >= 0.6 is 0 Å². The molecule has 0 saturated carbocycles. The Kier molecular flexibility index (Phi) is 5.60. The van der Waals surface area contributed by atoms with E-state index in [4.69, 9.17) is 5.73 Å². The van der Waals surface area contributed by atoms with Crippen LogP contribution in [0.5, 0.6) is 0 Å². The van der Waals surface area contributed by atoms with E-state index in [0.717, 1.165) is 43.9 Å². The number of aromatic nitrogens is 2. The summed E-state index contributed by atoms with van der Waals surface area (Å²) in [6.07, 6.45) is 3.68. The van der Waals surface area contributed by atoms with Crippen LogP contribution in [0.15, 0.2) is 36.5 Å². The Balaban J connectivity index is 1.58. The van der Waals surface area contributed by atoms with Crippen molar-refractivity contribution in [2.45, 2.75) is 32.9 Å². The van der Waals surface area contributed by atoms with Gasteiger partial charge in [-0.25, -0.2) is 0 Å². The van der Waals surface area contributed by atoms with Gasteiger partial charge in [-0.15, -0.1) is 5.10 Å². The number of primary amides is 1. The van der Waals surface area contributed by atoms with Gasteiger partial charge in [0.25, 0.3) is 0 Å². The second-order valence-electron chi connectivity index (χ2n) is 6.77. The summed E-state index contributed by atoms with van der Waals surface area (Å²) >= 11 is 0. The highest BCUT2D eigenvalue weighted by Gasteiger charge is 2.23. The van der Waals surface area contributed by atoms with Gasteiger partial charge in [-0.05, 0) is 49.1 Å². The monoisotopic (exact) mass is 339 g/mol. The molecule has 1 atom stereocenters. The highest BCUT2D eigenvalue weighted by Crippen LogP contribution is 2.19. The van der Waals surface area contributed by atoms with Crippen LogP contribution in [0.2, 0.25) is 0 Å². The molecule has 0 aliphatic carbocycles. The number of benzene rings is 1. The number of carbonyl (C=O) groups excluding carboxylic acids is 1. The number of anilines is 1. The number of nitrogens with one attached hydrogen (secondary N) is 1. The van der Waals surface area contributed by atoms with Crippen molar-refractivity contribution in [2.24, 2.45) is 11.7 Å². The molecule has 1 aliphatic heterocycles. The summed E-state index contributed by atoms with van der Waals surface area (Å²) in [7, 11) is 0. The average Bonchev–Trinajstić information content (AvgIpc) is 2.61. The van der Waals surface area contributed by atoms with E-state index in [1.807, 2.05) is 13.0 Å². The van der Waals surface area contributed by atoms with E-state index in [2.05, 4.69) is 44.7 Å². The maximum Gasteiger partial charge on any atom is 0.221 e. The fourth-order valence-corrected chi connectivity index (χ4v) is 3.27. The third-order valence-corrected chi connectivity index (χ3v) is 4.57. The van der Waals surface area contributed by atoms with Gasteiger partial charge in [-0.3, -0.25) is 9.69 Å². The first-order chi connectivity index (χ1) is 12.1. The van der Waals surface area contributed by atoms with Crippen molar-refractivity contribution < 1.29 is 4.79 Å². The van der Waals surface area contributed by atoms with Crippen LogP contribution in [-0.4, -0.2) is 34.1 Å². The van der Waals surface area contributed by atoms with Gasteiger partial charge in [0.15, 0.2) is 0 Å². The normalized spacial score (nSPS) is 18.0. The molecule has 1 aromatic heterocycles. The molecule has 2 heterocycles. The number of hydrogen-bond acceptors (Lipinski definition) is 5. The van der Waals surface area contributed by atoms with Gasteiger partial charge in [0.1, 0.15) is 5.82 Å². The molecule has 1 amide bonds. The van der Waals surface area contributed by atoms with Crippen LogP contribution in [0.3, 0.4) is 0 Å². The molecule has 25 heavy (non-hydrogen) atoms. The number of piperidine rings is 1. The molecular formula is C19H25N5O. The van der Waals surface area contributed by atoms with Gasteiger partial charge in [0, 0.05) is 19.6 Å². The van der Waals surface area contributed by atoms with Gasteiger partial charge >= 0.3 is 0 Å². The lowest BCUT2D eigenvalue weighted by Gasteiger charge is -2.31. The van der Waals surface area contributed by atoms with Crippen molar-refractivity contribution in [1.82, 2.24) is 15.1 Å². The zero-order chi connectivity index (χ0) is 17.6. The fourth-order valence-electron chi connectivity index (χ4n) is 3.27. The zero-order valence-electron chi connectivity index (χ0n) is 14.6. The number of carbonyl (C=O) groups is 1. The summed E-state index contributed by atoms with van der Waals surface area (Å²) in [5.74, 6) is 0.589.